The number of benzene rings is 2. The Morgan fingerprint density at radius 2 is 1.72 bits per heavy atom. The van der Waals surface area contributed by atoms with Gasteiger partial charge in [0.1, 0.15) is 5.75 Å². The highest BCUT2D eigenvalue weighted by molar-refractivity contribution is 5.95. The number of nitrogens with zero attached hydrogens (tertiary/aromatic N) is 1. The lowest BCUT2D eigenvalue weighted by Crippen LogP contribution is -2.41. The molecule has 1 heterocycles. The summed E-state index contributed by atoms with van der Waals surface area (Å²) >= 11 is 0. The van der Waals surface area contributed by atoms with Crippen molar-refractivity contribution < 1.29 is 28.5 Å². The summed E-state index contributed by atoms with van der Waals surface area (Å²) in [6, 6.07) is 10.3. The predicted molar refractivity (Wildman–Crippen MR) is 107 cm³/mol. The summed E-state index contributed by atoms with van der Waals surface area (Å²) in [7, 11) is 6.04. The first kappa shape index (κ1) is 20.5. The Bertz CT molecular complexity index is 910. The Balaban J connectivity index is 2.03. The molecule has 2 aromatic carbocycles. The van der Waals surface area contributed by atoms with Crippen LogP contribution in [0.25, 0.3) is 0 Å². The molecular formula is C22H25NO6. The summed E-state index contributed by atoms with van der Waals surface area (Å²) in [5, 5.41) is 0. The van der Waals surface area contributed by atoms with Crippen LogP contribution in [0.5, 0.6) is 17.2 Å². The van der Waals surface area contributed by atoms with Crippen molar-refractivity contribution in [1.82, 2.24) is 4.90 Å². The Hall–Kier alpha value is -3.22. The lowest BCUT2D eigenvalue weighted by atomic mass is 9.89. The van der Waals surface area contributed by atoms with Crippen molar-refractivity contribution in [3.63, 3.8) is 0 Å². The van der Waals surface area contributed by atoms with Crippen molar-refractivity contribution in [1.29, 1.82) is 0 Å². The number of hydrogen-bond donors (Lipinski definition) is 0. The molecule has 1 amide bonds. The summed E-state index contributed by atoms with van der Waals surface area (Å²) < 4.78 is 21.0. The molecule has 0 N–H and O–H groups in total. The van der Waals surface area contributed by atoms with Gasteiger partial charge in [0.15, 0.2) is 11.5 Å². The highest BCUT2D eigenvalue weighted by Crippen LogP contribution is 2.40. The van der Waals surface area contributed by atoms with E-state index >= 15 is 0 Å². The lowest BCUT2D eigenvalue weighted by Gasteiger charge is -2.37. The van der Waals surface area contributed by atoms with Gasteiger partial charge in [-0.05, 0) is 47.9 Å². The first-order valence-electron chi connectivity index (χ1n) is 9.29. The largest absolute Gasteiger partial charge is 0.497 e. The zero-order chi connectivity index (χ0) is 21.0. The van der Waals surface area contributed by atoms with Crippen LogP contribution in [-0.4, -0.2) is 51.8 Å². The lowest BCUT2D eigenvalue weighted by molar-refractivity contribution is -0.141. The van der Waals surface area contributed by atoms with Crippen molar-refractivity contribution in [2.75, 3.05) is 35.0 Å². The maximum atomic E-state index is 13.3. The molecule has 0 saturated carbocycles. The first-order chi connectivity index (χ1) is 14.0. The van der Waals surface area contributed by atoms with Gasteiger partial charge in [-0.25, -0.2) is 0 Å². The molecule has 1 atom stereocenters. The van der Waals surface area contributed by atoms with Crippen molar-refractivity contribution in [2.24, 2.45) is 0 Å². The molecule has 2 aromatic rings. The number of hydrogen-bond acceptors (Lipinski definition) is 6. The average molecular weight is 399 g/mol. The van der Waals surface area contributed by atoms with Gasteiger partial charge in [-0.2, -0.15) is 0 Å². The Kier molecular flexibility index (Phi) is 6.26. The molecule has 7 heteroatoms. The van der Waals surface area contributed by atoms with E-state index in [4.69, 9.17) is 18.9 Å². The summed E-state index contributed by atoms with van der Waals surface area (Å²) in [6.07, 6.45) is 0.692. The molecule has 0 aliphatic carbocycles. The number of carbonyl (C=O) groups is 2. The molecule has 0 unspecified atom stereocenters. The van der Waals surface area contributed by atoms with Gasteiger partial charge in [0.25, 0.3) is 5.91 Å². The van der Waals surface area contributed by atoms with E-state index < -0.39 is 6.04 Å². The molecule has 0 aromatic heterocycles. The molecule has 0 fully saturated rings. The third-order valence-electron chi connectivity index (χ3n) is 5.17. The maximum absolute atomic E-state index is 13.3. The molecule has 3 rings (SSSR count). The highest BCUT2D eigenvalue weighted by atomic mass is 16.5. The second-order valence-corrected chi connectivity index (χ2v) is 6.68. The Morgan fingerprint density at radius 3 is 2.38 bits per heavy atom. The summed E-state index contributed by atoms with van der Waals surface area (Å²) in [4.78, 5) is 27.1. The van der Waals surface area contributed by atoms with Crippen LogP contribution in [0.2, 0.25) is 0 Å². The Morgan fingerprint density at radius 1 is 1.00 bits per heavy atom. The topological polar surface area (TPSA) is 74.3 Å². The zero-order valence-electron chi connectivity index (χ0n) is 17.1. The van der Waals surface area contributed by atoms with Crippen molar-refractivity contribution >= 4 is 11.9 Å². The van der Waals surface area contributed by atoms with Crippen LogP contribution in [0, 0.1) is 0 Å². The molecule has 0 radical (unpaired) electrons. The third-order valence-corrected chi connectivity index (χ3v) is 5.17. The van der Waals surface area contributed by atoms with Gasteiger partial charge in [-0.3, -0.25) is 9.59 Å². The van der Waals surface area contributed by atoms with Gasteiger partial charge in [0.05, 0.1) is 40.9 Å². The second kappa shape index (κ2) is 8.86. The minimum Gasteiger partial charge on any atom is -0.497 e. The predicted octanol–water partition coefficient (Wildman–Crippen LogP) is 3.02. The molecule has 0 spiro atoms. The normalized spacial score (nSPS) is 15.3. The third kappa shape index (κ3) is 4.13. The van der Waals surface area contributed by atoms with E-state index in [1.807, 2.05) is 12.1 Å². The van der Waals surface area contributed by atoms with Gasteiger partial charge in [0, 0.05) is 12.1 Å². The minimum atomic E-state index is -0.468. The number of fused-ring (bicyclic) bond motifs is 1. The highest BCUT2D eigenvalue weighted by Gasteiger charge is 2.34. The quantitative estimate of drug-likeness (QED) is 0.695. The Labute approximate surface area is 170 Å². The van der Waals surface area contributed by atoms with Crippen LogP contribution in [0.15, 0.2) is 36.4 Å². The van der Waals surface area contributed by atoms with E-state index in [9.17, 15) is 9.59 Å². The number of amides is 1. The summed E-state index contributed by atoms with van der Waals surface area (Å²) in [6.45, 7) is 0.472. The number of methoxy groups -OCH3 is 4. The van der Waals surface area contributed by atoms with E-state index in [-0.39, 0.29) is 18.3 Å². The van der Waals surface area contributed by atoms with Crippen LogP contribution in [0.3, 0.4) is 0 Å². The summed E-state index contributed by atoms with van der Waals surface area (Å²) in [5.74, 6) is 1.22. The van der Waals surface area contributed by atoms with Crippen molar-refractivity contribution in [3.05, 3.63) is 53.1 Å². The fourth-order valence-corrected chi connectivity index (χ4v) is 3.65. The number of ether oxygens (including phenoxy) is 4. The van der Waals surface area contributed by atoms with Gasteiger partial charge < -0.3 is 23.8 Å². The SMILES string of the molecule is COC(=O)C[C@H]1c2cc(OC)c(OC)cc2CCN1C(=O)c1cccc(OC)c1. The minimum absolute atomic E-state index is 0.0503. The molecule has 7 nitrogen and oxygen atoms in total. The number of esters is 1. The molecule has 0 bridgehead atoms. The van der Waals surface area contributed by atoms with E-state index in [0.29, 0.717) is 35.8 Å². The molecule has 154 valence electrons. The fraction of sp³-hybridized carbons (Fsp3) is 0.364. The van der Waals surface area contributed by atoms with Gasteiger partial charge in [-0.1, -0.05) is 6.07 Å². The summed E-state index contributed by atoms with van der Waals surface area (Å²) in [5.41, 5.74) is 2.38. The standard InChI is InChI=1S/C22H25NO6/c1-26-16-7-5-6-15(10-16)22(25)23-9-8-14-11-19(27-2)20(28-3)12-17(14)18(23)13-21(24)29-4/h5-7,10-12,18H,8-9,13H2,1-4H3/t18-/m0/s1. The van der Waals surface area contributed by atoms with Crippen LogP contribution in [0.1, 0.15) is 33.9 Å². The van der Waals surface area contributed by atoms with E-state index in [0.717, 1.165) is 11.1 Å². The van der Waals surface area contributed by atoms with Gasteiger partial charge >= 0.3 is 5.97 Å². The molecule has 1 aliphatic rings. The van der Waals surface area contributed by atoms with E-state index in [1.165, 1.54) is 7.11 Å². The number of carbonyl (C=O) groups excluding carboxylic acids is 2. The molecular weight excluding hydrogens is 374 g/mol. The number of rotatable bonds is 6. The van der Waals surface area contributed by atoms with E-state index in [2.05, 4.69) is 0 Å². The van der Waals surface area contributed by atoms with Gasteiger partial charge in [-0.15, -0.1) is 0 Å². The van der Waals surface area contributed by atoms with Crippen LogP contribution >= 0.6 is 0 Å². The first-order valence-corrected chi connectivity index (χ1v) is 9.29. The van der Waals surface area contributed by atoms with Crippen molar-refractivity contribution in [2.45, 2.75) is 18.9 Å². The average Bonchev–Trinajstić information content (AvgIpc) is 2.77. The zero-order valence-corrected chi connectivity index (χ0v) is 17.1. The second-order valence-electron chi connectivity index (χ2n) is 6.68. The van der Waals surface area contributed by atoms with Crippen LogP contribution < -0.4 is 14.2 Å². The maximum Gasteiger partial charge on any atom is 0.307 e. The van der Waals surface area contributed by atoms with Crippen molar-refractivity contribution in [3.8, 4) is 17.2 Å². The molecule has 1 aliphatic heterocycles. The van der Waals surface area contributed by atoms with Crippen LogP contribution in [-0.2, 0) is 16.0 Å². The molecule has 0 saturated heterocycles. The monoisotopic (exact) mass is 399 g/mol. The fourth-order valence-electron chi connectivity index (χ4n) is 3.65. The van der Waals surface area contributed by atoms with E-state index in [1.54, 1.807) is 50.5 Å². The van der Waals surface area contributed by atoms with Gasteiger partial charge in [0.2, 0.25) is 0 Å². The smallest absolute Gasteiger partial charge is 0.307 e. The van der Waals surface area contributed by atoms with Crippen LogP contribution in [0.4, 0.5) is 0 Å². The molecule has 29 heavy (non-hydrogen) atoms.